The Morgan fingerprint density at radius 3 is 2.67 bits per heavy atom. The molecular formula is C21H31N7O2. The lowest BCUT2D eigenvalue weighted by atomic mass is 10.1. The maximum Gasteiger partial charge on any atom is 0.315 e. The summed E-state index contributed by atoms with van der Waals surface area (Å²) >= 11 is 0. The standard InChI is InChI=1S/C21H31N7O2/c1-4-24-19-17(20(29)23-3)9-8-16(28-19)7-5-6-10-25-21(30)27-13-15-11-14(2)18(22)26-12-15/h8-9,11-12H,4-7,10,13H2,1-3H3,(H2,22,26)(H,23,29)(H,24,28)(H2,25,27,30). The van der Waals surface area contributed by atoms with E-state index in [1.54, 1.807) is 19.3 Å². The highest BCUT2D eigenvalue weighted by atomic mass is 16.2. The molecule has 0 aliphatic rings. The zero-order valence-corrected chi connectivity index (χ0v) is 17.8. The number of anilines is 2. The van der Waals surface area contributed by atoms with Crippen LogP contribution in [-0.2, 0) is 13.0 Å². The average Bonchev–Trinajstić information content (AvgIpc) is 2.74. The van der Waals surface area contributed by atoms with Crippen LogP contribution in [0.25, 0.3) is 0 Å². The van der Waals surface area contributed by atoms with E-state index in [1.807, 2.05) is 26.0 Å². The van der Waals surface area contributed by atoms with Crippen molar-refractivity contribution in [1.29, 1.82) is 0 Å². The number of carbonyl (C=O) groups is 2. The lowest BCUT2D eigenvalue weighted by Crippen LogP contribution is -2.35. The van der Waals surface area contributed by atoms with Crippen LogP contribution in [0.2, 0.25) is 0 Å². The molecule has 9 nitrogen and oxygen atoms in total. The summed E-state index contributed by atoms with van der Waals surface area (Å²) in [5.41, 5.74) is 8.94. The number of nitrogen functional groups attached to an aromatic ring is 1. The molecule has 0 fully saturated rings. The molecule has 0 bridgehead atoms. The number of rotatable bonds is 10. The monoisotopic (exact) mass is 413 g/mol. The minimum Gasteiger partial charge on any atom is -0.383 e. The van der Waals surface area contributed by atoms with Crippen molar-refractivity contribution in [3.63, 3.8) is 0 Å². The molecule has 0 aromatic carbocycles. The van der Waals surface area contributed by atoms with Gasteiger partial charge in [0.15, 0.2) is 0 Å². The summed E-state index contributed by atoms with van der Waals surface area (Å²) in [6.45, 7) is 5.50. The zero-order valence-electron chi connectivity index (χ0n) is 17.8. The second kappa shape index (κ2) is 11.6. The van der Waals surface area contributed by atoms with Crippen LogP contribution in [0.3, 0.4) is 0 Å². The van der Waals surface area contributed by atoms with E-state index in [2.05, 4.69) is 31.2 Å². The summed E-state index contributed by atoms with van der Waals surface area (Å²) in [5, 5.41) is 11.4. The first-order valence-electron chi connectivity index (χ1n) is 10.1. The van der Waals surface area contributed by atoms with E-state index in [0.717, 1.165) is 36.1 Å². The average molecular weight is 414 g/mol. The van der Waals surface area contributed by atoms with E-state index in [9.17, 15) is 9.59 Å². The third-order valence-electron chi connectivity index (χ3n) is 4.54. The van der Waals surface area contributed by atoms with E-state index < -0.39 is 0 Å². The number of nitrogens with one attached hydrogen (secondary N) is 4. The van der Waals surface area contributed by atoms with Gasteiger partial charge >= 0.3 is 6.03 Å². The first-order valence-corrected chi connectivity index (χ1v) is 10.1. The molecule has 0 saturated heterocycles. The Bertz CT molecular complexity index is 870. The van der Waals surface area contributed by atoms with Gasteiger partial charge < -0.3 is 27.0 Å². The zero-order chi connectivity index (χ0) is 21.9. The van der Waals surface area contributed by atoms with Crippen LogP contribution in [0, 0.1) is 6.92 Å². The molecule has 0 atom stereocenters. The minimum absolute atomic E-state index is 0.162. The Balaban J connectivity index is 1.71. The number of amides is 3. The Morgan fingerprint density at radius 1 is 1.17 bits per heavy atom. The van der Waals surface area contributed by atoms with Gasteiger partial charge in [-0.3, -0.25) is 4.79 Å². The molecule has 162 valence electrons. The highest BCUT2D eigenvalue weighted by Gasteiger charge is 2.11. The Kier molecular flexibility index (Phi) is 8.86. The van der Waals surface area contributed by atoms with Gasteiger partial charge in [0.1, 0.15) is 11.6 Å². The van der Waals surface area contributed by atoms with Gasteiger partial charge in [0.2, 0.25) is 0 Å². The van der Waals surface area contributed by atoms with Crippen molar-refractivity contribution < 1.29 is 9.59 Å². The first-order chi connectivity index (χ1) is 14.4. The smallest absolute Gasteiger partial charge is 0.315 e. The number of hydrogen-bond donors (Lipinski definition) is 5. The predicted octanol–water partition coefficient (Wildman–Crippen LogP) is 1.98. The van der Waals surface area contributed by atoms with Gasteiger partial charge in [-0.25, -0.2) is 14.8 Å². The van der Waals surface area contributed by atoms with Crippen LogP contribution in [-0.4, -0.2) is 42.0 Å². The van der Waals surface area contributed by atoms with Crippen LogP contribution in [0.15, 0.2) is 24.4 Å². The number of nitrogens with two attached hydrogens (primary N) is 1. The van der Waals surface area contributed by atoms with Crippen LogP contribution in [0.1, 0.15) is 46.9 Å². The summed E-state index contributed by atoms with van der Waals surface area (Å²) in [7, 11) is 1.60. The SMILES string of the molecule is CCNc1nc(CCCCNC(=O)NCc2cnc(N)c(C)c2)ccc1C(=O)NC. The number of aromatic nitrogens is 2. The van der Waals surface area contributed by atoms with Gasteiger partial charge in [-0.2, -0.15) is 0 Å². The Morgan fingerprint density at radius 2 is 1.97 bits per heavy atom. The van der Waals surface area contributed by atoms with Crippen molar-refractivity contribution in [2.24, 2.45) is 0 Å². The van der Waals surface area contributed by atoms with E-state index >= 15 is 0 Å². The highest BCUT2D eigenvalue weighted by Crippen LogP contribution is 2.15. The van der Waals surface area contributed by atoms with E-state index in [-0.39, 0.29) is 11.9 Å². The summed E-state index contributed by atoms with van der Waals surface area (Å²) in [6.07, 6.45) is 4.13. The number of hydrogen-bond acceptors (Lipinski definition) is 6. The van der Waals surface area contributed by atoms with Gasteiger partial charge in [-0.1, -0.05) is 0 Å². The minimum atomic E-state index is -0.216. The molecule has 6 N–H and O–H groups in total. The van der Waals surface area contributed by atoms with Crippen molar-refractivity contribution in [3.8, 4) is 0 Å². The molecule has 0 radical (unpaired) electrons. The fourth-order valence-corrected chi connectivity index (χ4v) is 2.88. The molecule has 30 heavy (non-hydrogen) atoms. The molecule has 2 aromatic heterocycles. The van der Waals surface area contributed by atoms with E-state index in [1.165, 1.54) is 0 Å². The molecule has 0 aliphatic heterocycles. The molecule has 3 amide bonds. The second-order valence-corrected chi connectivity index (χ2v) is 6.92. The number of nitrogens with zero attached hydrogens (tertiary/aromatic N) is 2. The van der Waals surface area contributed by atoms with Gasteiger partial charge in [0.05, 0.1) is 5.56 Å². The normalized spacial score (nSPS) is 10.4. The van der Waals surface area contributed by atoms with E-state index in [0.29, 0.717) is 36.8 Å². The molecule has 2 rings (SSSR count). The van der Waals surface area contributed by atoms with Gasteiger partial charge in [-0.05, 0) is 62.4 Å². The summed E-state index contributed by atoms with van der Waals surface area (Å²) in [6, 6.07) is 5.35. The number of urea groups is 1. The Labute approximate surface area is 177 Å². The predicted molar refractivity (Wildman–Crippen MR) is 118 cm³/mol. The summed E-state index contributed by atoms with van der Waals surface area (Å²) in [5.74, 6) is 0.933. The summed E-state index contributed by atoms with van der Waals surface area (Å²) < 4.78 is 0. The molecule has 0 saturated carbocycles. The van der Waals surface area contributed by atoms with Gasteiger partial charge in [0, 0.05) is 38.6 Å². The topological polar surface area (TPSA) is 134 Å². The molecule has 2 heterocycles. The molecule has 0 aliphatic carbocycles. The largest absolute Gasteiger partial charge is 0.383 e. The molecular weight excluding hydrogens is 382 g/mol. The molecule has 0 spiro atoms. The number of unbranched alkanes of at least 4 members (excludes halogenated alkanes) is 1. The quantitative estimate of drug-likeness (QED) is 0.378. The highest BCUT2D eigenvalue weighted by molar-refractivity contribution is 5.98. The van der Waals surface area contributed by atoms with Crippen LogP contribution >= 0.6 is 0 Å². The summed E-state index contributed by atoms with van der Waals surface area (Å²) in [4.78, 5) is 32.5. The fourth-order valence-electron chi connectivity index (χ4n) is 2.88. The number of aryl methyl sites for hydroxylation is 2. The molecule has 2 aromatic rings. The lowest BCUT2D eigenvalue weighted by molar-refractivity contribution is 0.0963. The maximum absolute atomic E-state index is 11.9. The van der Waals surface area contributed by atoms with Crippen LogP contribution < -0.4 is 27.0 Å². The molecule has 0 unspecified atom stereocenters. The van der Waals surface area contributed by atoms with Crippen LogP contribution in [0.4, 0.5) is 16.4 Å². The fraction of sp³-hybridized carbons (Fsp3) is 0.429. The van der Waals surface area contributed by atoms with E-state index in [4.69, 9.17) is 5.73 Å². The first kappa shape index (κ1) is 22.9. The van der Waals surface area contributed by atoms with Crippen molar-refractivity contribution in [2.45, 2.75) is 39.7 Å². The van der Waals surface area contributed by atoms with Crippen LogP contribution in [0.5, 0.6) is 0 Å². The third kappa shape index (κ3) is 6.91. The number of carbonyl (C=O) groups excluding carboxylic acids is 2. The third-order valence-corrected chi connectivity index (χ3v) is 4.54. The van der Waals surface area contributed by atoms with Crippen molar-refractivity contribution in [3.05, 3.63) is 46.8 Å². The van der Waals surface area contributed by atoms with Crippen molar-refractivity contribution >= 4 is 23.6 Å². The van der Waals surface area contributed by atoms with Gasteiger partial charge in [0.25, 0.3) is 5.91 Å². The Hall–Kier alpha value is -3.36. The number of pyridine rings is 2. The molecule has 9 heteroatoms. The van der Waals surface area contributed by atoms with Gasteiger partial charge in [-0.15, -0.1) is 0 Å². The second-order valence-electron chi connectivity index (χ2n) is 6.92. The lowest BCUT2D eigenvalue weighted by Gasteiger charge is -2.11. The maximum atomic E-state index is 11.9. The van der Waals surface area contributed by atoms with Crippen molar-refractivity contribution in [1.82, 2.24) is 25.9 Å². The van der Waals surface area contributed by atoms with Crippen molar-refractivity contribution in [2.75, 3.05) is 31.2 Å².